The molecule has 182 valence electrons. The van der Waals surface area contributed by atoms with Crippen LogP contribution in [0.5, 0.6) is 0 Å². The van der Waals surface area contributed by atoms with Gasteiger partial charge in [-0.2, -0.15) is 0 Å². The van der Waals surface area contributed by atoms with E-state index in [1.807, 2.05) is 13.0 Å². The van der Waals surface area contributed by atoms with Crippen LogP contribution in [0.1, 0.15) is 57.2 Å². The highest BCUT2D eigenvalue weighted by Crippen LogP contribution is 2.24. The third-order valence-corrected chi connectivity index (χ3v) is 6.99. The summed E-state index contributed by atoms with van der Waals surface area (Å²) in [4.78, 5) is 28.2. The van der Waals surface area contributed by atoms with Gasteiger partial charge in [0.25, 0.3) is 0 Å². The number of nitrogens with two attached hydrogens (primary N) is 1. The van der Waals surface area contributed by atoms with Crippen molar-refractivity contribution in [3.8, 4) is 0 Å². The molecule has 0 aliphatic heterocycles. The Labute approximate surface area is 196 Å². The number of hydrogen-bond acceptors (Lipinski definition) is 7. The number of sulfonamides is 1. The lowest BCUT2D eigenvalue weighted by Crippen LogP contribution is -2.33. The lowest BCUT2D eigenvalue weighted by atomic mass is 9.91. The van der Waals surface area contributed by atoms with Crippen LogP contribution in [0.15, 0.2) is 35.7 Å². The van der Waals surface area contributed by atoms with E-state index in [2.05, 4.69) is 20.3 Å². The van der Waals surface area contributed by atoms with E-state index in [0.29, 0.717) is 18.1 Å². The number of carbonyl (C=O) groups excluding carboxylic acids is 2. The van der Waals surface area contributed by atoms with Gasteiger partial charge in [0.1, 0.15) is 5.82 Å². The van der Waals surface area contributed by atoms with Crippen molar-refractivity contribution in [3.05, 3.63) is 46.9 Å². The summed E-state index contributed by atoms with van der Waals surface area (Å²) in [6.45, 7) is 5.23. The Morgan fingerprint density at radius 2 is 1.82 bits per heavy atom. The molecule has 1 aliphatic carbocycles. The molecule has 1 aromatic heterocycles. The minimum absolute atomic E-state index is 0.00253. The maximum atomic E-state index is 12.5. The third-order valence-electron chi connectivity index (χ3n) is 5.55. The molecule has 0 bridgehead atoms. The number of allylic oxidation sites excluding steroid dienone is 4. The van der Waals surface area contributed by atoms with Crippen LogP contribution in [-0.2, 0) is 26.2 Å². The highest BCUT2D eigenvalue weighted by Gasteiger charge is 2.22. The Morgan fingerprint density at radius 1 is 1.12 bits per heavy atom. The van der Waals surface area contributed by atoms with Crippen molar-refractivity contribution in [2.45, 2.75) is 59.4 Å². The normalized spacial score (nSPS) is 15.7. The third kappa shape index (κ3) is 9.65. The topological polar surface area (TPSA) is 143 Å². The zero-order valence-electron chi connectivity index (χ0n) is 19.6. The Balaban J connectivity index is 1.87. The highest BCUT2D eigenvalue weighted by molar-refractivity contribution is 7.89. The molecule has 2 rings (SSSR count). The number of nitrogens with zero attached hydrogens (tertiary/aromatic N) is 1. The maximum Gasteiger partial charge on any atom is 0.239 e. The molecular weight excluding hydrogens is 442 g/mol. The molecular formula is C23H35N5O4S. The van der Waals surface area contributed by atoms with Crippen LogP contribution in [0.4, 0.5) is 5.82 Å². The van der Waals surface area contributed by atoms with Crippen LogP contribution in [0.25, 0.3) is 0 Å². The Morgan fingerprint density at radius 3 is 2.45 bits per heavy atom. The molecule has 33 heavy (non-hydrogen) atoms. The number of Topliss-reactive ketones (excluding diaryl/α,β-unsaturated/α-hetero) is 1. The number of anilines is 1. The fourth-order valence-electron chi connectivity index (χ4n) is 3.64. The second-order valence-corrected chi connectivity index (χ2v) is 10.3. The van der Waals surface area contributed by atoms with Gasteiger partial charge < -0.3 is 16.4 Å². The number of carbonyl (C=O) groups is 2. The summed E-state index contributed by atoms with van der Waals surface area (Å²) in [5.74, 6) is -0.00437. The van der Waals surface area contributed by atoms with Gasteiger partial charge in [-0.1, -0.05) is 25.3 Å². The maximum absolute atomic E-state index is 12.5. The largest absolute Gasteiger partial charge is 0.384 e. The summed E-state index contributed by atoms with van der Waals surface area (Å²) >= 11 is 0. The van der Waals surface area contributed by atoms with E-state index in [1.165, 1.54) is 13.0 Å². The van der Waals surface area contributed by atoms with Gasteiger partial charge in [-0.15, -0.1) is 0 Å². The van der Waals surface area contributed by atoms with E-state index >= 15 is 0 Å². The minimum Gasteiger partial charge on any atom is -0.384 e. The SMILES string of the molecule is CC(=O)/C(=C/C=C(/C)NCC(=O)NCc1ccc(N)nc1C)NS(=O)(=O)CC1CCCCC1. The molecule has 0 radical (unpaired) electrons. The van der Waals surface area contributed by atoms with Crippen LogP contribution in [0, 0.1) is 12.8 Å². The number of aromatic nitrogens is 1. The van der Waals surface area contributed by atoms with Crippen LogP contribution in [0.3, 0.4) is 0 Å². The first-order chi connectivity index (χ1) is 15.6. The van der Waals surface area contributed by atoms with Crippen LogP contribution >= 0.6 is 0 Å². The lowest BCUT2D eigenvalue weighted by Gasteiger charge is -2.21. The second kappa shape index (κ2) is 12.4. The van der Waals surface area contributed by atoms with E-state index in [-0.39, 0.29) is 35.6 Å². The average molecular weight is 478 g/mol. The molecule has 1 fully saturated rings. The van der Waals surface area contributed by atoms with Crippen molar-refractivity contribution in [1.82, 2.24) is 20.3 Å². The molecule has 1 saturated carbocycles. The van der Waals surface area contributed by atoms with Gasteiger partial charge in [-0.25, -0.2) is 13.4 Å². The molecule has 0 spiro atoms. The van der Waals surface area contributed by atoms with E-state index < -0.39 is 10.0 Å². The number of pyridine rings is 1. The zero-order chi connectivity index (χ0) is 24.4. The van der Waals surface area contributed by atoms with Gasteiger partial charge in [0.15, 0.2) is 5.78 Å². The smallest absolute Gasteiger partial charge is 0.239 e. The summed E-state index contributed by atoms with van der Waals surface area (Å²) in [6.07, 6.45) is 8.04. The van der Waals surface area contributed by atoms with Crippen molar-refractivity contribution in [3.63, 3.8) is 0 Å². The molecule has 1 aromatic rings. The van der Waals surface area contributed by atoms with Gasteiger partial charge in [-0.3, -0.25) is 14.3 Å². The summed E-state index contributed by atoms with van der Waals surface area (Å²) in [7, 11) is -3.60. The monoisotopic (exact) mass is 477 g/mol. The molecule has 10 heteroatoms. The van der Waals surface area contributed by atoms with Crippen LogP contribution in [-0.4, -0.2) is 37.4 Å². The first-order valence-electron chi connectivity index (χ1n) is 11.2. The van der Waals surface area contributed by atoms with E-state index in [4.69, 9.17) is 5.73 Å². The van der Waals surface area contributed by atoms with Gasteiger partial charge >= 0.3 is 0 Å². The van der Waals surface area contributed by atoms with Crippen molar-refractivity contribution in [2.24, 2.45) is 5.92 Å². The number of amides is 1. The number of ketones is 1. The minimum atomic E-state index is -3.60. The van der Waals surface area contributed by atoms with E-state index in [1.54, 1.807) is 19.1 Å². The summed E-state index contributed by atoms with van der Waals surface area (Å²) in [6, 6.07) is 3.50. The molecule has 5 N–H and O–H groups in total. The predicted molar refractivity (Wildman–Crippen MR) is 129 cm³/mol. The molecule has 0 aromatic carbocycles. The van der Waals surface area contributed by atoms with Crippen molar-refractivity contribution < 1.29 is 18.0 Å². The first-order valence-corrected chi connectivity index (χ1v) is 12.8. The van der Waals surface area contributed by atoms with E-state index in [0.717, 1.165) is 43.4 Å². The predicted octanol–water partition coefficient (Wildman–Crippen LogP) is 2.05. The summed E-state index contributed by atoms with van der Waals surface area (Å²) in [5.41, 5.74) is 7.88. The fraction of sp³-hybridized carbons (Fsp3) is 0.522. The molecule has 0 atom stereocenters. The average Bonchev–Trinajstić information content (AvgIpc) is 2.74. The zero-order valence-corrected chi connectivity index (χ0v) is 20.4. The first kappa shape index (κ1) is 26.4. The van der Waals surface area contributed by atoms with Crippen molar-refractivity contribution in [2.75, 3.05) is 18.0 Å². The van der Waals surface area contributed by atoms with Crippen molar-refractivity contribution >= 4 is 27.5 Å². The number of nitrogen functional groups attached to an aromatic ring is 1. The number of nitrogens with one attached hydrogen (secondary N) is 3. The molecule has 1 aliphatic rings. The van der Waals surface area contributed by atoms with Crippen LogP contribution in [0.2, 0.25) is 0 Å². The summed E-state index contributed by atoms with van der Waals surface area (Å²) < 4.78 is 27.4. The van der Waals surface area contributed by atoms with Gasteiger partial charge in [0.2, 0.25) is 15.9 Å². The number of aryl methyl sites for hydroxylation is 1. The van der Waals surface area contributed by atoms with Crippen molar-refractivity contribution in [1.29, 1.82) is 0 Å². The number of rotatable bonds is 11. The standard InChI is InChI=1S/C23H35N5O4S/c1-16(25-14-23(30)26-13-20-10-12-22(24)27-17(20)2)9-11-21(18(3)29)28-33(31,32)15-19-7-5-4-6-8-19/h9-12,19,25,28H,4-8,13-15H2,1-3H3,(H2,24,27)(H,26,30)/b16-9-,21-11-. The summed E-state index contributed by atoms with van der Waals surface area (Å²) in [5, 5.41) is 5.74. The molecule has 0 unspecified atom stereocenters. The lowest BCUT2D eigenvalue weighted by molar-refractivity contribution is -0.120. The Kier molecular flexibility index (Phi) is 9.90. The van der Waals surface area contributed by atoms with Gasteiger partial charge in [-0.05, 0) is 56.4 Å². The van der Waals surface area contributed by atoms with Gasteiger partial charge in [0, 0.05) is 24.9 Å². The quantitative estimate of drug-likeness (QED) is 0.282. The molecule has 0 saturated heterocycles. The van der Waals surface area contributed by atoms with Gasteiger partial charge in [0.05, 0.1) is 18.0 Å². The van der Waals surface area contributed by atoms with E-state index in [9.17, 15) is 18.0 Å². The Bertz CT molecular complexity index is 1010. The molecule has 1 heterocycles. The Hall–Kier alpha value is -2.88. The van der Waals surface area contributed by atoms with Crippen LogP contribution < -0.4 is 21.1 Å². The second-order valence-electron chi connectivity index (χ2n) is 8.48. The molecule has 1 amide bonds. The fourth-order valence-corrected chi connectivity index (χ4v) is 5.22. The molecule has 9 nitrogen and oxygen atoms in total. The number of hydrogen-bond donors (Lipinski definition) is 4. The highest BCUT2D eigenvalue weighted by atomic mass is 32.2.